The number of unbranched alkanes of at least 4 members (excludes halogenated alkanes) is 2. The first-order chi connectivity index (χ1) is 10.1. The van der Waals surface area contributed by atoms with Crippen LogP contribution in [0, 0.1) is 17.8 Å². The van der Waals surface area contributed by atoms with Crippen molar-refractivity contribution >= 4 is 5.97 Å². The fraction of sp³-hybridized carbons (Fsp3) is 0.824. The third-order valence-corrected chi connectivity index (χ3v) is 4.95. The van der Waals surface area contributed by atoms with Gasteiger partial charge in [0, 0.05) is 25.9 Å². The van der Waals surface area contributed by atoms with Crippen LogP contribution in [0.25, 0.3) is 0 Å². The lowest BCUT2D eigenvalue weighted by molar-refractivity contribution is -0.137. The third kappa shape index (κ3) is 5.01. The van der Waals surface area contributed by atoms with Crippen molar-refractivity contribution in [1.82, 2.24) is 9.80 Å². The first kappa shape index (κ1) is 16.3. The van der Waals surface area contributed by atoms with Crippen LogP contribution in [-0.4, -0.2) is 60.1 Å². The highest BCUT2D eigenvalue weighted by Crippen LogP contribution is 2.40. The molecule has 0 atom stereocenters. The van der Waals surface area contributed by atoms with Gasteiger partial charge in [-0.3, -0.25) is 4.79 Å². The molecule has 0 aromatic carbocycles. The Morgan fingerprint density at radius 1 is 1.10 bits per heavy atom. The number of carboxylic acid groups (broad SMARTS) is 1. The topological polar surface area (TPSA) is 43.8 Å². The summed E-state index contributed by atoms with van der Waals surface area (Å²) in [5.74, 6) is 2.02. The predicted octanol–water partition coefficient (Wildman–Crippen LogP) is 2.05. The van der Waals surface area contributed by atoms with Crippen molar-refractivity contribution in [3.63, 3.8) is 0 Å². The molecule has 4 nitrogen and oxygen atoms in total. The molecule has 21 heavy (non-hydrogen) atoms. The number of hydrogen-bond acceptors (Lipinski definition) is 3. The lowest BCUT2D eigenvalue weighted by atomic mass is 9.72. The van der Waals surface area contributed by atoms with Gasteiger partial charge in [-0.1, -0.05) is 0 Å². The monoisotopic (exact) mass is 292 g/mol. The molecule has 1 spiro atoms. The van der Waals surface area contributed by atoms with E-state index in [4.69, 9.17) is 11.5 Å². The summed E-state index contributed by atoms with van der Waals surface area (Å²) in [4.78, 5) is 15.5. The van der Waals surface area contributed by atoms with Gasteiger partial charge in [-0.15, -0.1) is 12.3 Å². The number of piperidine rings is 1. The third-order valence-electron chi connectivity index (χ3n) is 4.95. The molecule has 0 amide bonds. The highest BCUT2D eigenvalue weighted by Gasteiger charge is 2.43. The van der Waals surface area contributed by atoms with Crippen LogP contribution < -0.4 is 0 Å². The van der Waals surface area contributed by atoms with Crippen LogP contribution >= 0.6 is 0 Å². The van der Waals surface area contributed by atoms with Crippen LogP contribution in [0.2, 0.25) is 0 Å². The fourth-order valence-corrected chi connectivity index (χ4v) is 3.64. The second kappa shape index (κ2) is 7.82. The van der Waals surface area contributed by atoms with Crippen LogP contribution in [0.1, 0.15) is 44.9 Å². The number of terminal acetylenes is 1. The van der Waals surface area contributed by atoms with Gasteiger partial charge < -0.3 is 14.9 Å². The quantitative estimate of drug-likeness (QED) is 0.549. The van der Waals surface area contributed by atoms with Crippen molar-refractivity contribution in [2.75, 3.05) is 39.3 Å². The van der Waals surface area contributed by atoms with Gasteiger partial charge in [-0.2, -0.15) is 0 Å². The summed E-state index contributed by atoms with van der Waals surface area (Å²) >= 11 is 0. The zero-order valence-corrected chi connectivity index (χ0v) is 13.0. The number of carboxylic acids is 1. The zero-order chi connectivity index (χ0) is 15.1. The molecule has 4 heteroatoms. The summed E-state index contributed by atoms with van der Waals surface area (Å²) < 4.78 is 0. The Morgan fingerprint density at radius 2 is 1.76 bits per heavy atom. The summed E-state index contributed by atoms with van der Waals surface area (Å²) in [7, 11) is 0. The second-order valence-corrected chi connectivity index (χ2v) is 6.71. The molecule has 2 fully saturated rings. The summed E-state index contributed by atoms with van der Waals surface area (Å²) in [6, 6.07) is 0. The van der Waals surface area contributed by atoms with Crippen molar-refractivity contribution in [2.45, 2.75) is 44.9 Å². The average Bonchev–Trinajstić information content (AvgIpc) is 2.43. The summed E-state index contributed by atoms with van der Waals surface area (Å²) in [6.45, 7) is 6.94. The standard InChI is InChI=1S/C17H28N2O2/c1-2-3-4-5-10-19-14-17(15-19)8-12-18(13-9-17)11-6-7-16(20)21/h1H,3-15H2,(H,20,21). The van der Waals surface area contributed by atoms with Crippen molar-refractivity contribution in [2.24, 2.45) is 5.41 Å². The molecule has 2 rings (SSSR count). The SMILES string of the molecule is C#CCCCCN1CC2(CCN(CCCC(=O)O)CC2)C1. The van der Waals surface area contributed by atoms with Crippen molar-refractivity contribution in [3.8, 4) is 12.3 Å². The summed E-state index contributed by atoms with van der Waals surface area (Å²) in [5.41, 5.74) is 0.565. The van der Waals surface area contributed by atoms with E-state index in [1.54, 1.807) is 0 Å². The highest BCUT2D eigenvalue weighted by atomic mass is 16.4. The molecule has 2 aliphatic heterocycles. The van der Waals surface area contributed by atoms with Crippen LogP contribution in [0.4, 0.5) is 0 Å². The first-order valence-corrected chi connectivity index (χ1v) is 8.24. The fourth-order valence-electron chi connectivity index (χ4n) is 3.64. The van der Waals surface area contributed by atoms with Crippen molar-refractivity contribution < 1.29 is 9.90 Å². The number of likely N-dealkylation sites (tertiary alicyclic amines) is 2. The second-order valence-electron chi connectivity index (χ2n) is 6.71. The lowest BCUT2D eigenvalue weighted by Crippen LogP contribution is -2.60. The summed E-state index contributed by atoms with van der Waals surface area (Å²) in [5, 5.41) is 8.67. The van der Waals surface area contributed by atoms with E-state index in [1.165, 1.54) is 38.9 Å². The molecule has 0 radical (unpaired) electrons. The zero-order valence-electron chi connectivity index (χ0n) is 13.0. The summed E-state index contributed by atoms with van der Waals surface area (Å²) in [6.07, 6.45) is 12.2. The number of rotatable bonds is 8. The van der Waals surface area contributed by atoms with Gasteiger partial charge in [0.2, 0.25) is 0 Å². The number of nitrogens with zero attached hydrogens (tertiary/aromatic N) is 2. The molecular weight excluding hydrogens is 264 g/mol. The Labute approximate surface area is 128 Å². The molecule has 0 aromatic heterocycles. The van der Waals surface area contributed by atoms with E-state index in [-0.39, 0.29) is 0 Å². The Bertz CT molecular complexity index is 373. The average molecular weight is 292 g/mol. The van der Waals surface area contributed by atoms with Crippen LogP contribution in [0.15, 0.2) is 0 Å². The van der Waals surface area contributed by atoms with E-state index >= 15 is 0 Å². The molecule has 1 N–H and O–H groups in total. The van der Waals surface area contributed by atoms with Crippen LogP contribution in [0.3, 0.4) is 0 Å². The maximum Gasteiger partial charge on any atom is 0.303 e. The van der Waals surface area contributed by atoms with Crippen LogP contribution in [-0.2, 0) is 4.79 Å². The van der Waals surface area contributed by atoms with E-state index in [1.807, 2.05) is 0 Å². The van der Waals surface area contributed by atoms with Gasteiger partial charge in [0.15, 0.2) is 0 Å². The molecule has 2 saturated heterocycles. The molecular formula is C17H28N2O2. The van der Waals surface area contributed by atoms with Gasteiger partial charge in [0.05, 0.1) is 0 Å². The minimum atomic E-state index is -0.678. The molecule has 0 aliphatic carbocycles. The Morgan fingerprint density at radius 3 is 2.38 bits per heavy atom. The maximum atomic E-state index is 10.5. The van der Waals surface area contributed by atoms with E-state index < -0.39 is 5.97 Å². The minimum absolute atomic E-state index is 0.299. The van der Waals surface area contributed by atoms with E-state index in [9.17, 15) is 4.79 Å². The molecule has 2 aliphatic rings. The molecule has 0 aromatic rings. The van der Waals surface area contributed by atoms with Gasteiger partial charge in [-0.25, -0.2) is 0 Å². The van der Waals surface area contributed by atoms with Crippen molar-refractivity contribution in [3.05, 3.63) is 0 Å². The number of aliphatic carboxylic acids is 1. The maximum absolute atomic E-state index is 10.5. The van der Waals surface area contributed by atoms with Gasteiger partial charge in [0.25, 0.3) is 0 Å². The van der Waals surface area contributed by atoms with E-state index in [2.05, 4.69) is 15.7 Å². The molecule has 118 valence electrons. The van der Waals surface area contributed by atoms with Crippen LogP contribution in [0.5, 0.6) is 0 Å². The highest BCUT2D eigenvalue weighted by molar-refractivity contribution is 5.66. The van der Waals surface area contributed by atoms with E-state index in [0.29, 0.717) is 11.8 Å². The normalized spacial score (nSPS) is 21.9. The molecule has 0 saturated carbocycles. The van der Waals surface area contributed by atoms with Gasteiger partial charge >= 0.3 is 5.97 Å². The Kier molecular flexibility index (Phi) is 6.08. The van der Waals surface area contributed by atoms with Gasteiger partial charge in [0.1, 0.15) is 0 Å². The molecule has 0 bridgehead atoms. The minimum Gasteiger partial charge on any atom is -0.481 e. The molecule has 0 unspecified atom stereocenters. The largest absolute Gasteiger partial charge is 0.481 e. The molecule has 2 heterocycles. The first-order valence-electron chi connectivity index (χ1n) is 8.24. The van der Waals surface area contributed by atoms with Gasteiger partial charge in [-0.05, 0) is 63.7 Å². The smallest absolute Gasteiger partial charge is 0.303 e. The van der Waals surface area contributed by atoms with Crippen molar-refractivity contribution in [1.29, 1.82) is 0 Å². The Hall–Kier alpha value is -1.05. The Balaban J connectivity index is 1.56. The lowest BCUT2D eigenvalue weighted by Gasteiger charge is -2.54. The number of carbonyl (C=O) groups is 1. The predicted molar refractivity (Wildman–Crippen MR) is 84.1 cm³/mol. The number of hydrogen-bond donors (Lipinski definition) is 1. The van der Waals surface area contributed by atoms with E-state index in [0.717, 1.165) is 38.9 Å².